The molecule has 0 amide bonds. The zero-order valence-electron chi connectivity index (χ0n) is 20.9. The van der Waals surface area contributed by atoms with Crippen LogP contribution in [0.1, 0.15) is 30.6 Å². The predicted molar refractivity (Wildman–Crippen MR) is 142 cm³/mol. The molecule has 2 aromatic heterocycles. The molecule has 5 rings (SSSR count). The molecule has 0 radical (unpaired) electrons. The van der Waals surface area contributed by atoms with Crippen LogP contribution >= 0.6 is 0 Å². The van der Waals surface area contributed by atoms with Crippen molar-refractivity contribution in [3.05, 3.63) is 90.1 Å². The molecule has 37 heavy (non-hydrogen) atoms. The van der Waals surface area contributed by atoms with Crippen LogP contribution in [-0.4, -0.2) is 47.3 Å². The van der Waals surface area contributed by atoms with E-state index in [4.69, 9.17) is 0 Å². The van der Waals surface area contributed by atoms with E-state index >= 15 is 0 Å². The summed E-state index contributed by atoms with van der Waals surface area (Å²) in [5, 5.41) is 3.50. The minimum absolute atomic E-state index is 0.181. The van der Waals surface area contributed by atoms with Gasteiger partial charge in [-0.1, -0.05) is 0 Å². The van der Waals surface area contributed by atoms with Crippen LogP contribution in [0.25, 0.3) is 22.6 Å². The quantitative estimate of drug-likeness (QED) is 0.344. The Morgan fingerprint density at radius 2 is 1.92 bits per heavy atom. The summed E-state index contributed by atoms with van der Waals surface area (Å²) >= 11 is 0. The van der Waals surface area contributed by atoms with Crippen molar-refractivity contribution in [1.29, 1.82) is 0 Å². The zero-order valence-corrected chi connectivity index (χ0v) is 21.7. The van der Waals surface area contributed by atoms with Crippen LogP contribution in [0, 0.1) is 18.7 Å². The molecule has 0 bridgehead atoms. The second-order valence-corrected chi connectivity index (χ2v) is 11.5. The van der Waals surface area contributed by atoms with E-state index in [1.54, 1.807) is 59.9 Å². The first kappa shape index (κ1) is 25.3. The number of hydrogen-bond acceptors (Lipinski definition) is 5. The Kier molecular flexibility index (Phi) is 7.19. The van der Waals surface area contributed by atoms with Gasteiger partial charge in [-0.15, -0.1) is 0 Å². The Bertz CT molecular complexity index is 1470. The highest BCUT2D eigenvalue weighted by atomic mass is 32.2. The fraction of sp³-hybridized carbons (Fsp3) is 0.286. The van der Waals surface area contributed by atoms with Crippen LogP contribution in [-0.2, 0) is 10.0 Å². The summed E-state index contributed by atoms with van der Waals surface area (Å²) in [6.07, 6.45) is 4.37. The van der Waals surface area contributed by atoms with Gasteiger partial charge in [-0.3, -0.25) is 0 Å². The highest BCUT2D eigenvalue weighted by molar-refractivity contribution is 7.89. The van der Waals surface area contributed by atoms with Crippen LogP contribution in [0.2, 0.25) is 0 Å². The minimum Gasteiger partial charge on any atom is -0.364 e. The Morgan fingerprint density at radius 1 is 1.14 bits per heavy atom. The van der Waals surface area contributed by atoms with E-state index in [-0.39, 0.29) is 22.7 Å². The summed E-state index contributed by atoms with van der Waals surface area (Å²) in [4.78, 5) is 12.4. The van der Waals surface area contributed by atoms with Gasteiger partial charge in [0.2, 0.25) is 10.0 Å². The molecule has 0 spiro atoms. The van der Waals surface area contributed by atoms with Crippen molar-refractivity contribution in [2.24, 2.45) is 5.92 Å². The fourth-order valence-corrected chi connectivity index (χ4v) is 6.17. The first-order chi connectivity index (χ1) is 17.8. The lowest BCUT2D eigenvalue weighted by molar-refractivity contribution is 0.428. The normalized spacial score (nSPS) is 17.2. The highest BCUT2D eigenvalue weighted by Gasteiger charge is 2.32. The molecule has 192 valence electrons. The van der Waals surface area contributed by atoms with Gasteiger partial charge in [0.1, 0.15) is 5.82 Å². The van der Waals surface area contributed by atoms with Crippen LogP contribution in [0.3, 0.4) is 0 Å². The number of aromatic nitrogens is 3. The summed E-state index contributed by atoms with van der Waals surface area (Å²) in [6, 6.07) is 17.5. The van der Waals surface area contributed by atoms with Gasteiger partial charge in [0, 0.05) is 48.3 Å². The van der Waals surface area contributed by atoms with Crippen molar-refractivity contribution in [3.8, 4) is 22.6 Å². The molecule has 0 aliphatic carbocycles. The summed E-state index contributed by atoms with van der Waals surface area (Å²) in [7, 11) is -3.59. The first-order valence-electron chi connectivity index (χ1n) is 12.4. The maximum Gasteiger partial charge on any atom is 0.243 e. The van der Waals surface area contributed by atoms with E-state index in [2.05, 4.69) is 27.2 Å². The van der Waals surface area contributed by atoms with Crippen molar-refractivity contribution in [1.82, 2.24) is 24.6 Å². The third-order valence-corrected chi connectivity index (χ3v) is 8.79. The molecule has 2 unspecified atom stereocenters. The predicted octanol–water partition coefficient (Wildman–Crippen LogP) is 4.95. The number of aromatic amines is 1. The number of rotatable bonds is 8. The number of halogens is 1. The van der Waals surface area contributed by atoms with Crippen molar-refractivity contribution < 1.29 is 12.8 Å². The largest absolute Gasteiger partial charge is 0.364 e. The Labute approximate surface area is 216 Å². The van der Waals surface area contributed by atoms with Crippen molar-refractivity contribution in [2.75, 3.05) is 19.6 Å². The van der Waals surface area contributed by atoms with Crippen LogP contribution in [0.5, 0.6) is 0 Å². The first-order valence-corrected chi connectivity index (χ1v) is 13.8. The Morgan fingerprint density at radius 3 is 2.65 bits per heavy atom. The van der Waals surface area contributed by atoms with E-state index < -0.39 is 10.0 Å². The average molecular weight is 520 g/mol. The van der Waals surface area contributed by atoms with Gasteiger partial charge in [-0.25, -0.2) is 22.8 Å². The minimum atomic E-state index is -3.59. The molecule has 2 N–H and O–H groups in total. The third kappa shape index (κ3) is 5.49. The smallest absolute Gasteiger partial charge is 0.243 e. The topological polar surface area (TPSA) is 91.0 Å². The fourth-order valence-electron chi connectivity index (χ4n) is 4.64. The number of nitrogens with zero attached hydrogens (tertiary/aromatic N) is 3. The molecule has 9 heteroatoms. The van der Waals surface area contributed by atoms with Crippen LogP contribution < -0.4 is 5.32 Å². The maximum absolute atomic E-state index is 13.7. The summed E-state index contributed by atoms with van der Waals surface area (Å²) < 4.78 is 41.8. The van der Waals surface area contributed by atoms with E-state index in [1.807, 2.05) is 18.3 Å². The lowest BCUT2D eigenvalue weighted by atomic mass is 10.1. The molecule has 1 fully saturated rings. The van der Waals surface area contributed by atoms with Crippen molar-refractivity contribution >= 4 is 10.0 Å². The second kappa shape index (κ2) is 10.5. The molecule has 7 nitrogen and oxygen atoms in total. The van der Waals surface area contributed by atoms with E-state index in [9.17, 15) is 12.8 Å². The summed E-state index contributed by atoms with van der Waals surface area (Å²) in [6.45, 7) is 5.57. The number of aryl methyl sites for hydroxylation is 1. The molecule has 4 aromatic rings. The zero-order chi connectivity index (χ0) is 26.0. The number of H-pyrrole nitrogens is 1. The van der Waals surface area contributed by atoms with Gasteiger partial charge in [-0.2, -0.15) is 4.31 Å². The summed E-state index contributed by atoms with van der Waals surface area (Å²) in [5.41, 5.74) is 3.84. The average Bonchev–Trinajstić information content (AvgIpc) is 3.62. The molecule has 2 atom stereocenters. The van der Waals surface area contributed by atoms with Gasteiger partial charge >= 0.3 is 0 Å². The highest BCUT2D eigenvalue weighted by Crippen LogP contribution is 2.27. The lowest BCUT2D eigenvalue weighted by Gasteiger charge is -2.18. The molecule has 1 saturated heterocycles. The number of sulfonamides is 1. The number of nitrogens with one attached hydrogen (secondary N) is 2. The second-order valence-electron chi connectivity index (χ2n) is 9.53. The molecular weight excluding hydrogens is 489 g/mol. The van der Waals surface area contributed by atoms with Gasteiger partial charge in [0.15, 0.2) is 5.82 Å². The standard InChI is InChI=1S/C28H30FN5O2S/c1-19-16-23(7-10-25(19)29)27-11-14-31-28(33-27)22-5-8-24(9-6-22)37(35,36)34-15-12-21(18-34)17-32-20(2)26-4-3-13-30-26/h3-11,13-14,16,20-21,30,32H,12,15,17-18H2,1-2H3. The molecule has 2 aromatic carbocycles. The van der Waals surface area contributed by atoms with Crippen molar-refractivity contribution in [2.45, 2.75) is 31.2 Å². The SMILES string of the molecule is Cc1cc(-c2ccnc(-c3ccc(S(=O)(=O)N4CCC(CNC(C)c5ccc[nH]5)C4)cc3)n2)ccc1F. The number of benzene rings is 2. The van der Waals surface area contributed by atoms with Gasteiger partial charge in [0.05, 0.1) is 10.6 Å². The van der Waals surface area contributed by atoms with Gasteiger partial charge < -0.3 is 10.3 Å². The Hall–Kier alpha value is -3.40. The van der Waals surface area contributed by atoms with Crippen molar-refractivity contribution in [3.63, 3.8) is 0 Å². The molecule has 0 saturated carbocycles. The Balaban J connectivity index is 1.25. The van der Waals surface area contributed by atoms with Gasteiger partial charge in [0.25, 0.3) is 0 Å². The molecule has 1 aliphatic heterocycles. The van der Waals surface area contributed by atoms with Crippen LogP contribution in [0.4, 0.5) is 4.39 Å². The lowest BCUT2D eigenvalue weighted by Crippen LogP contribution is -2.31. The van der Waals surface area contributed by atoms with Gasteiger partial charge in [-0.05, 0) is 99.0 Å². The number of hydrogen-bond donors (Lipinski definition) is 2. The molecule has 1 aliphatic rings. The van der Waals surface area contributed by atoms with E-state index in [0.29, 0.717) is 35.7 Å². The summed E-state index contributed by atoms with van der Waals surface area (Å²) in [5.74, 6) is 0.478. The monoisotopic (exact) mass is 519 g/mol. The van der Waals surface area contributed by atoms with E-state index in [0.717, 1.165) is 24.2 Å². The molecule has 3 heterocycles. The third-order valence-electron chi connectivity index (χ3n) is 6.91. The van der Waals surface area contributed by atoms with E-state index in [1.165, 1.54) is 6.07 Å². The molecular formula is C28H30FN5O2S. The van der Waals surface area contributed by atoms with Crippen LogP contribution in [0.15, 0.2) is 78.0 Å². The maximum atomic E-state index is 13.7.